The van der Waals surface area contributed by atoms with Crippen LogP contribution in [0, 0.1) is 0 Å². The van der Waals surface area contributed by atoms with Crippen LogP contribution in [0.2, 0.25) is 0 Å². The normalized spacial score (nSPS) is 13.2. The summed E-state index contributed by atoms with van der Waals surface area (Å²) in [6, 6.07) is 77.3. The largest absolute Gasteiger partial charge is 0.310 e. The molecule has 1 aliphatic carbocycles. The van der Waals surface area contributed by atoms with Crippen molar-refractivity contribution in [3.8, 4) is 11.1 Å². The minimum absolute atomic E-state index is 0.174. The molecule has 0 saturated carbocycles. The molecule has 0 fully saturated rings. The predicted molar refractivity (Wildman–Crippen MR) is 270 cm³/mol. The van der Waals surface area contributed by atoms with E-state index in [0.29, 0.717) is 0 Å². The molecule has 12 aromatic carbocycles. The van der Waals surface area contributed by atoms with Crippen molar-refractivity contribution < 1.29 is 0 Å². The van der Waals surface area contributed by atoms with Crippen molar-refractivity contribution in [2.45, 2.75) is 32.1 Å². The van der Waals surface area contributed by atoms with E-state index >= 15 is 0 Å². The lowest BCUT2D eigenvalue weighted by atomic mass is 9.73. The Bertz CT molecular complexity index is 3440. The van der Waals surface area contributed by atoms with E-state index in [0.717, 1.165) is 24.2 Å². The predicted octanol–water partition coefficient (Wildman–Crippen LogP) is 17.5. The number of nitrogens with zero attached hydrogens (tertiary/aromatic N) is 2. The molecule has 12 aromatic rings. The summed E-state index contributed by atoms with van der Waals surface area (Å²) in [5, 5.41) is 15.5. The topological polar surface area (TPSA) is 6.48 Å². The number of fused-ring (bicyclic) bond motifs is 3. The highest BCUT2D eigenvalue weighted by Gasteiger charge is 2.41. The van der Waals surface area contributed by atoms with Gasteiger partial charge in [-0.1, -0.05) is 159 Å². The van der Waals surface area contributed by atoms with Gasteiger partial charge in [-0.2, -0.15) is 0 Å². The van der Waals surface area contributed by atoms with E-state index in [4.69, 9.17) is 0 Å². The first kappa shape index (κ1) is 36.0. The lowest BCUT2D eigenvalue weighted by Crippen LogP contribution is -2.24. The number of rotatable bonds is 8. The Balaban J connectivity index is 0.993. The molecule has 0 aliphatic heterocycles. The van der Waals surface area contributed by atoms with Gasteiger partial charge >= 0.3 is 0 Å². The van der Waals surface area contributed by atoms with Crippen LogP contribution in [-0.2, 0) is 5.41 Å². The van der Waals surface area contributed by atoms with Crippen molar-refractivity contribution in [3.63, 3.8) is 0 Å². The van der Waals surface area contributed by atoms with Crippen LogP contribution < -0.4 is 9.80 Å². The summed E-state index contributed by atoms with van der Waals surface area (Å²) in [6.07, 6.45) is 1.98. The van der Waals surface area contributed by atoms with E-state index in [1.54, 1.807) is 0 Å². The zero-order chi connectivity index (χ0) is 41.8. The van der Waals surface area contributed by atoms with Gasteiger partial charge in [-0.25, -0.2) is 0 Å². The van der Waals surface area contributed by atoms with Gasteiger partial charge in [0.15, 0.2) is 0 Å². The number of hydrogen-bond donors (Lipinski definition) is 0. The summed E-state index contributed by atoms with van der Waals surface area (Å²) < 4.78 is 0. The monoisotopic (exact) mass is 804 g/mol. The number of hydrogen-bond acceptors (Lipinski definition) is 2. The molecule has 0 aromatic heterocycles. The van der Waals surface area contributed by atoms with Crippen molar-refractivity contribution in [1.82, 2.24) is 0 Å². The Kier molecular flexibility index (Phi) is 7.81. The molecule has 63 heavy (non-hydrogen) atoms. The van der Waals surface area contributed by atoms with Crippen LogP contribution in [0.5, 0.6) is 0 Å². The Morgan fingerprint density at radius 1 is 0.317 bits per heavy atom. The summed E-state index contributed by atoms with van der Waals surface area (Å²) in [5.74, 6) is 0. The Hall–Kier alpha value is -7.68. The SMILES string of the molecule is CCC1(CC)c2cc(N(c3ccccc3)c3ccc4ccc5cccc6ccc3c4c56)ccc2-c2ccc(N(c3ccccc3)c3ccc4ccc5cccc6ccc3c4c56)cc21. The summed E-state index contributed by atoms with van der Waals surface area (Å²) in [6.45, 7) is 4.76. The summed E-state index contributed by atoms with van der Waals surface area (Å²) in [7, 11) is 0. The van der Waals surface area contributed by atoms with Crippen LogP contribution in [0.25, 0.3) is 75.8 Å². The quantitative estimate of drug-likeness (QED) is 0.141. The van der Waals surface area contributed by atoms with Crippen molar-refractivity contribution in [2.24, 2.45) is 0 Å². The molecule has 0 bridgehead atoms. The molecule has 0 spiro atoms. The third-order valence-electron chi connectivity index (χ3n) is 14.6. The van der Waals surface area contributed by atoms with E-state index in [2.05, 4.69) is 230 Å². The molecule has 0 heterocycles. The molecular formula is C61H44N2. The number of benzene rings is 12. The Morgan fingerprint density at radius 2 is 0.683 bits per heavy atom. The minimum atomic E-state index is -0.174. The Labute approximate surface area is 367 Å². The molecule has 0 saturated heterocycles. The van der Waals surface area contributed by atoms with Crippen LogP contribution in [0.1, 0.15) is 37.8 Å². The standard InChI is InChI=1S/C61H44N2/c1-3-61(4-2)53-37-47(62(45-17-7-5-8-18-45)55-35-27-43-23-21-39-13-11-15-41-25-31-51(55)59(43)57(39)41)29-33-49(53)50-34-30-48(38-54(50)61)63(46-19-9-6-10-20-46)56-36-28-44-24-22-40-14-12-16-42-26-32-52(56)60(44)58(40)42/h5-38H,3-4H2,1-2H3. The summed E-state index contributed by atoms with van der Waals surface area (Å²) in [4.78, 5) is 4.98. The average molecular weight is 805 g/mol. The summed E-state index contributed by atoms with van der Waals surface area (Å²) in [5.41, 5.74) is 12.3. The molecular weight excluding hydrogens is 761 g/mol. The third-order valence-corrected chi connectivity index (χ3v) is 14.6. The van der Waals surface area contributed by atoms with Crippen LogP contribution in [-0.4, -0.2) is 0 Å². The van der Waals surface area contributed by atoms with Gasteiger partial charge in [-0.3, -0.25) is 0 Å². The van der Waals surface area contributed by atoms with Gasteiger partial charge in [0.2, 0.25) is 0 Å². The maximum Gasteiger partial charge on any atom is 0.0540 e. The van der Waals surface area contributed by atoms with E-state index < -0.39 is 0 Å². The highest BCUT2D eigenvalue weighted by Crippen LogP contribution is 2.56. The average Bonchev–Trinajstić information content (AvgIpc) is 3.62. The molecule has 0 radical (unpaired) electrons. The molecule has 13 rings (SSSR count). The van der Waals surface area contributed by atoms with E-state index in [9.17, 15) is 0 Å². The second kappa shape index (κ2) is 13.7. The van der Waals surface area contributed by atoms with Gasteiger partial charge in [-0.15, -0.1) is 0 Å². The first-order chi connectivity index (χ1) is 31.1. The third kappa shape index (κ3) is 5.13. The minimum Gasteiger partial charge on any atom is -0.310 e. The molecule has 2 heteroatoms. The molecule has 0 amide bonds. The number of para-hydroxylation sites is 2. The molecule has 0 atom stereocenters. The molecule has 0 N–H and O–H groups in total. The maximum absolute atomic E-state index is 2.52. The first-order valence-electron chi connectivity index (χ1n) is 22.5. The van der Waals surface area contributed by atoms with Crippen molar-refractivity contribution >= 4 is 98.8 Å². The van der Waals surface area contributed by atoms with E-state index in [1.165, 1.54) is 110 Å². The van der Waals surface area contributed by atoms with Gasteiger partial charge in [0, 0.05) is 38.9 Å². The van der Waals surface area contributed by atoms with E-state index in [-0.39, 0.29) is 5.41 Å². The highest BCUT2D eigenvalue weighted by atomic mass is 15.1. The van der Waals surface area contributed by atoms with Crippen molar-refractivity contribution in [1.29, 1.82) is 0 Å². The molecule has 1 aliphatic rings. The molecule has 298 valence electrons. The lowest BCUT2D eigenvalue weighted by molar-refractivity contribution is 0.490. The van der Waals surface area contributed by atoms with Gasteiger partial charge in [0.1, 0.15) is 0 Å². The lowest BCUT2D eigenvalue weighted by Gasteiger charge is -2.33. The van der Waals surface area contributed by atoms with Crippen molar-refractivity contribution in [2.75, 3.05) is 9.80 Å². The maximum atomic E-state index is 2.52. The fourth-order valence-electron chi connectivity index (χ4n) is 11.6. The Morgan fingerprint density at radius 3 is 1.08 bits per heavy atom. The van der Waals surface area contributed by atoms with Gasteiger partial charge < -0.3 is 9.80 Å². The van der Waals surface area contributed by atoms with Gasteiger partial charge in [0.25, 0.3) is 0 Å². The smallest absolute Gasteiger partial charge is 0.0540 e. The van der Waals surface area contributed by atoms with E-state index in [1.807, 2.05) is 0 Å². The zero-order valence-electron chi connectivity index (χ0n) is 35.4. The second-order valence-corrected chi connectivity index (χ2v) is 17.5. The fraction of sp³-hybridized carbons (Fsp3) is 0.0820. The molecule has 2 nitrogen and oxygen atoms in total. The van der Waals surface area contributed by atoms with Gasteiger partial charge in [-0.05, 0) is 150 Å². The van der Waals surface area contributed by atoms with Crippen molar-refractivity contribution in [3.05, 3.63) is 217 Å². The van der Waals surface area contributed by atoms with Gasteiger partial charge in [0.05, 0.1) is 11.4 Å². The molecule has 0 unspecified atom stereocenters. The fourth-order valence-corrected chi connectivity index (χ4v) is 11.6. The first-order valence-corrected chi connectivity index (χ1v) is 22.5. The second-order valence-electron chi connectivity index (χ2n) is 17.5. The zero-order valence-corrected chi connectivity index (χ0v) is 35.4. The number of anilines is 6. The van der Waals surface area contributed by atoms with Crippen LogP contribution >= 0.6 is 0 Å². The highest BCUT2D eigenvalue weighted by molar-refractivity contribution is 6.27. The van der Waals surface area contributed by atoms with Crippen LogP contribution in [0.4, 0.5) is 34.1 Å². The van der Waals surface area contributed by atoms with Crippen LogP contribution in [0.3, 0.4) is 0 Å². The van der Waals surface area contributed by atoms with Crippen LogP contribution in [0.15, 0.2) is 206 Å². The summed E-state index contributed by atoms with van der Waals surface area (Å²) >= 11 is 0.